The number of rotatable bonds is 10. The number of carbonyl (C=O) groups excluding carboxylic acids is 3. The molecule has 210 valence electrons. The average molecular weight is 566 g/mol. The van der Waals surface area contributed by atoms with E-state index in [-0.39, 0.29) is 35.4 Å². The Balaban J connectivity index is 1.45. The fourth-order valence-corrected chi connectivity index (χ4v) is 6.64. The molecule has 3 aromatic rings. The smallest absolute Gasteiger partial charge is 0.269 e. The van der Waals surface area contributed by atoms with Crippen molar-refractivity contribution in [2.75, 3.05) is 26.2 Å². The second-order valence-corrected chi connectivity index (χ2v) is 11.7. The van der Waals surface area contributed by atoms with E-state index in [9.17, 15) is 22.8 Å². The van der Waals surface area contributed by atoms with Crippen LogP contribution in [0.25, 0.3) is 0 Å². The largest absolute Gasteiger partial charge is 0.467 e. The fraction of sp³-hybridized carbons (Fsp3) is 0.345. The summed E-state index contributed by atoms with van der Waals surface area (Å²) >= 11 is 0. The molecule has 2 aliphatic heterocycles. The summed E-state index contributed by atoms with van der Waals surface area (Å²) in [5.41, 5.74) is 1.99. The maximum absolute atomic E-state index is 13.9. The van der Waals surface area contributed by atoms with Gasteiger partial charge in [0.15, 0.2) is 6.04 Å². The number of furan rings is 1. The minimum absolute atomic E-state index is 0.0126. The normalized spacial score (nSPS) is 18.4. The third kappa shape index (κ3) is 5.52. The van der Waals surface area contributed by atoms with Gasteiger partial charge in [-0.2, -0.15) is 0 Å². The van der Waals surface area contributed by atoms with Crippen molar-refractivity contribution in [1.29, 1.82) is 0 Å². The maximum Gasteiger partial charge on any atom is 0.269 e. The summed E-state index contributed by atoms with van der Waals surface area (Å²) in [6.07, 6.45) is 3.41. The molecule has 0 bridgehead atoms. The molecular formula is C29H31N3O7S. The number of hydrogen-bond acceptors (Lipinski definition) is 7. The van der Waals surface area contributed by atoms with Crippen molar-refractivity contribution in [2.45, 2.75) is 43.2 Å². The highest BCUT2D eigenvalue weighted by atomic mass is 32.2. The lowest BCUT2D eigenvalue weighted by molar-refractivity contribution is -0.141. The van der Waals surface area contributed by atoms with Crippen molar-refractivity contribution < 1.29 is 32.0 Å². The van der Waals surface area contributed by atoms with E-state index in [0.717, 1.165) is 24.0 Å². The Hall–Kier alpha value is -3.96. The zero-order chi connectivity index (χ0) is 28.3. The zero-order valence-corrected chi connectivity index (χ0v) is 22.9. The molecule has 11 heteroatoms. The highest BCUT2D eigenvalue weighted by molar-refractivity contribution is 7.90. The highest BCUT2D eigenvalue weighted by Gasteiger charge is 2.44. The Morgan fingerprint density at radius 3 is 2.58 bits per heavy atom. The van der Waals surface area contributed by atoms with Gasteiger partial charge in [-0.05, 0) is 61.6 Å². The zero-order valence-electron chi connectivity index (χ0n) is 22.1. The second kappa shape index (κ2) is 11.6. The van der Waals surface area contributed by atoms with Crippen molar-refractivity contribution in [3.05, 3.63) is 89.4 Å². The molecule has 0 saturated carbocycles. The van der Waals surface area contributed by atoms with Gasteiger partial charge in [0, 0.05) is 19.7 Å². The van der Waals surface area contributed by atoms with E-state index in [1.165, 1.54) is 29.4 Å². The van der Waals surface area contributed by atoms with E-state index in [1.54, 1.807) is 18.2 Å². The number of hydrogen-bond donors (Lipinski definition) is 1. The monoisotopic (exact) mass is 565 g/mol. The fourth-order valence-electron chi connectivity index (χ4n) is 5.12. The first-order chi connectivity index (χ1) is 19.3. The number of aryl methyl sites for hydroxylation is 1. The third-order valence-electron chi connectivity index (χ3n) is 7.30. The van der Waals surface area contributed by atoms with Crippen LogP contribution < -0.4 is 5.32 Å². The summed E-state index contributed by atoms with van der Waals surface area (Å²) < 4.78 is 38.2. The lowest BCUT2D eigenvalue weighted by atomic mass is 10.0. The van der Waals surface area contributed by atoms with E-state index in [2.05, 4.69) is 5.32 Å². The van der Waals surface area contributed by atoms with Crippen LogP contribution in [0.5, 0.6) is 0 Å². The van der Waals surface area contributed by atoms with Gasteiger partial charge in [0.2, 0.25) is 5.91 Å². The summed E-state index contributed by atoms with van der Waals surface area (Å²) in [7, 11) is -4.22. The first-order valence-corrected chi connectivity index (χ1v) is 14.6. The summed E-state index contributed by atoms with van der Waals surface area (Å²) in [5.74, 6) is -1.74. The minimum atomic E-state index is -4.22. The van der Waals surface area contributed by atoms with Gasteiger partial charge in [-0.15, -0.1) is 0 Å². The number of carbonyl (C=O) groups is 3. The molecule has 0 radical (unpaired) electrons. The van der Waals surface area contributed by atoms with Crippen LogP contribution >= 0.6 is 0 Å². The minimum Gasteiger partial charge on any atom is -0.467 e. The van der Waals surface area contributed by atoms with Crippen LogP contribution in [0.4, 0.5) is 0 Å². The molecule has 2 aromatic carbocycles. The molecule has 0 spiro atoms. The Morgan fingerprint density at radius 2 is 1.88 bits per heavy atom. The Bertz CT molecular complexity index is 1500. The molecule has 2 atom stereocenters. The van der Waals surface area contributed by atoms with Gasteiger partial charge in [0.25, 0.3) is 21.8 Å². The summed E-state index contributed by atoms with van der Waals surface area (Å²) in [5, 5.41) is 2.87. The van der Waals surface area contributed by atoms with Crippen LogP contribution in [0.15, 0.2) is 76.2 Å². The topological polar surface area (TPSA) is 126 Å². The van der Waals surface area contributed by atoms with Crippen LogP contribution in [0.2, 0.25) is 0 Å². The SMILES string of the molecule is Cc1ccccc1CCN(C(=O)CN1C(=O)c2ccccc2S1(=O)=O)[C@@H](C(=O)NC[C@H]1CCCO1)c1ccco1. The van der Waals surface area contributed by atoms with Crippen molar-refractivity contribution in [3.8, 4) is 0 Å². The van der Waals surface area contributed by atoms with Gasteiger partial charge in [0.05, 0.1) is 17.9 Å². The van der Waals surface area contributed by atoms with Gasteiger partial charge >= 0.3 is 0 Å². The van der Waals surface area contributed by atoms with Gasteiger partial charge in [-0.25, -0.2) is 12.7 Å². The molecule has 10 nitrogen and oxygen atoms in total. The molecule has 1 aromatic heterocycles. The molecular weight excluding hydrogens is 534 g/mol. The van der Waals surface area contributed by atoms with Crippen molar-refractivity contribution >= 4 is 27.7 Å². The van der Waals surface area contributed by atoms with E-state index >= 15 is 0 Å². The Labute approximate surface area is 233 Å². The number of ether oxygens (including phenoxy) is 1. The number of benzene rings is 2. The molecule has 2 aliphatic rings. The molecule has 3 heterocycles. The van der Waals surface area contributed by atoms with Crippen LogP contribution in [-0.2, 0) is 30.8 Å². The van der Waals surface area contributed by atoms with Gasteiger partial charge in [0.1, 0.15) is 17.2 Å². The van der Waals surface area contributed by atoms with Crippen molar-refractivity contribution in [1.82, 2.24) is 14.5 Å². The van der Waals surface area contributed by atoms with E-state index < -0.39 is 40.3 Å². The third-order valence-corrected chi connectivity index (χ3v) is 9.08. The van der Waals surface area contributed by atoms with Gasteiger partial charge in [-0.1, -0.05) is 36.4 Å². The summed E-state index contributed by atoms with van der Waals surface area (Å²) in [4.78, 5) is 41.7. The standard InChI is InChI=1S/C29H31N3O7S/c1-20-8-2-3-9-21(20)14-15-31(26(33)19-32-29(35)23-11-4-5-13-25(23)40(32,36)37)27(24-12-7-17-39-24)28(34)30-18-22-10-6-16-38-22/h2-5,7-9,11-13,17,22,27H,6,10,14-16,18-19H2,1H3,(H,30,34)/t22-,27-/m1/s1. The first kappa shape index (κ1) is 27.6. The van der Waals surface area contributed by atoms with E-state index in [0.29, 0.717) is 17.3 Å². The molecule has 1 fully saturated rings. The lowest BCUT2D eigenvalue weighted by Gasteiger charge is -2.31. The number of fused-ring (bicyclic) bond motifs is 1. The molecule has 3 amide bonds. The molecule has 1 saturated heterocycles. The Kier molecular flexibility index (Phi) is 8.04. The number of nitrogens with zero attached hydrogens (tertiary/aromatic N) is 2. The predicted octanol–water partition coefficient (Wildman–Crippen LogP) is 2.84. The molecule has 1 N–H and O–H groups in total. The molecule has 0 aliphatic carbocycles. The average Bonchev–Trinajstić information content (AvgIpc) is 3.70. The maximum atomic E-state index is 13.9. The Morgan fingerprint density at radius 1 is 1.10 bits per heavy atom. The van der Waals surface area contributed by atoms with Gasteiger partial charge in [-0.3, -0.25) is 14.4 Å². The molecule has 5 rings (SSSR count). The second-order valence-electron chi connectivity index (χ2n) is 9.87. The van der Waals surface area contributed by atoms with E-state index in [4.69, 9.17) is 9.15 Å². The lowest BCUT2D eigenvalue weighted by Crippen LogP contribution is -2.49. The number of sulfonamides is 1. The van der Waals surface area contributed by atoms with Crippen LogP contribution in [0, 0.1) is 6.92 Å². The quantitative estimate of drug-likeness (QED) is 0.401. The predicted molar refractivity (Wildman–Crippen MR) is 145 cm³/mol. The number of amides is 3. The highest BCUT2D eigenvalue weighted by Crippen LogP contribution is 2.31. The summed E-state index contributed by atoms with van der Waals surface area (Å²) in [6, 6.07) is 15.6. The number of nitrogens with one attached hydrogen (secondary N) is 1. The van der Waals surface area contributed by atoms with Crippen LogP contribution in [0.3, 0.4) is 0 Å². The first-order valence-electron chi connectivity index (χ1n) is 13.2. The molecule has 0 unspecified atom stereocenters. The van der Waals surface area contributed by atoms with Crippen molar-refractivity contribution in [2.24, 2.45) is 0 Å². The molecule has 40 heavy (non-hydrogen) atoms. The van der Waals surface area contributed by atoms with E-state index in [1.807, 2.05) is 31.2 Å². The van der Waals surface area contributed by atoms with Crippen molar-refractivity contribution in [3.63, 3.8) is 0 Å². The summed E-state index contributed by atoms with van der Waals surface area (Å²) in [6.45, 7) is 2.18. The van der Waals surface area contributed by atoms with Gasteiger partial charge < -0.3 is 19.4 Å². The van der Waals surface area contributed by atoms with Crippen LogP contribution in [-0.4, -0.2) is 67.7 Å². The van der Waals surface area contributed by atoms with Crippen LogP contribution in [0.1, 0.15) is 46.1 Å².